The molecular formula is C15H15N2O3+. The molecular weight excluding hydrogens is 256 g/mol. The summed E-state index contributed by atoms with van der Waals surface area (Å²) in [6, 6.07) is 9.22. The van der Waals surface area contributed by atoms with Crippen LogP contribution in [0.1, 0.15) is 5.56 Å². The van der Waals surface area contributed by atoms with E-state index in [9.17, 15) is 5.11 Å². The Morgan fingerprint density at radius 2 is 1.80 bits per heavy atom. The van der Waals surface area contributed by atoms with Gasteiger partial charge in [-0.25, -0.2) is 4.98 Å². The van der Waals surface area contributed by atoms with Crippen LogP contribution in [0.25, 0.3) is 22.1 Å². The summed E-state index contributed by atoms with van der Waals surface area (Å²) in [4.78, 5) is 10.0. The number of hydrogen-bond donors (Lipinski definition) is 1. The number of aryl methyl sites for hydroxylation is 1. The lowest BCUT2D eigenvalue weighted by atomic mass is 10.2. The van der Waals surface area contributed by atoms with Gasteiger partial charge < -0.3 is 9.84 Å². The van der Waals surface area contributed by atoms with Gasteiger partial charge in [0.15, 0.2) is 11.5 Å². The highest BCUT2D eigenvalue weighted by molar-refractivity contribution is 5.83. The average Bonchev–Trinajstić information content (AvgIpc) is 2.44. The predicted molar refractivity (Wildman–Crippen MR) is 74.9 cm³/mol. The van der Waals surface area contributed by atoms with Crippen LogP contribution in [-0.4, -0.2) is 24.3 Å². The Kier molecular flexibility index (Phi) is 2.82. The summed E-state index contributed by atoms with van der Waals surface area (Å²) in [5.41, 5.74) is 4.16. The zero-order valence-electron chi connectivity index (χ0n) is 11.5. The molecule has 20 heavy (non-hydrogen) atoms. The first-order valence-electron chi connectivity index (χ1n) is 6.21. The Bertz CT molecular complexity index is 815. The van der Waals surface area contributed by atoms with Gasteiger partial charge in [0.1, 0.15) is 18.1 Å². The predicted octanol–water partition coefficient (Wildman–Crippen LogP) is 1.76. The second-order valence-corrected chi connectivity index (χ2v) is 4.59. The fraction of sp³-hybridized carbons (Fsp3) is 0.200. The van der Waals surface area contributed by atoms with Crippen LogP contribution in [0.2, 0.25) is 0 Å². The molecule has 0 saturated carbocycles. The van der Waals surface area contributed by atoms with E-state index in [0.29, 0.717) is 16.8 Å². The van der Waals surface area contributed by atoms with Gasteiger partial charge in [-0.05, 0) is 18.6 Å². The molecule has 102 valence electrons. The average molecular weight is 271 g/mol. The van der Waals surface area contributed by atoms with Crippen molar-refractivity contribution in [2.24, 2.45) is 0 Å². The molecule has 3 aromatic rings. The van der Waals surface area contributed by atoms with Crippen molar-refractivity contribution in [2.45, 2.75) is 6.92 Å². The van der Waals surface area contributed by atoms with Gasteiger partial charge in [-0.1, -0.05) is 6.07 Å². The molecule has 0 spiro atoms. The second kappa shape index (κ2) is 4.52. The second-order valence-electron chi connectivity index (χ2n) is 4.59. The molecule has 5 nitrogen and oxygen atoms in total. The van der Waals surface area contributed by atoms with E-state index >= 15 is 0 Å². The van der Waals surface area contributed by atoms with E-state index in [0.717, 1.165) is 16.6 Å². The summed E-state index contributed by atoms with van der Waals surface area (Å²) in [7, 11) is 3.10. The normalized spacial score (nSPS) is 10.9. The summed E-state index contributed by atoms with van der Waals surface area (Å²) in [5.74, 6) is 0.443. The third kappa shape index (κ3) is 1.79. The number of methoxy groups -OCH3 is 1. The Morgan fingerprint density at radius 3 is 2.50 bits per heavy atom. The first-order chi connectivity index (χ1) is 9.63. The Hall–Kier alpha value is -2.56. The number of rotatable bonds is 2. The molecule has 0 bridgehead atoms. The van der Waals surface area contributed by atoms with Crippen LogP contribution < -0.4 is 14.3 Å². The van der Waals surface area contributed by atoms with Crippen LogP contribution in [0, 0.1) is 6.92 Å². The van der Waals surface area contributed by atoms with E-state index in [1.807, 2.05) is 25.1 Å². The molecule has 1 N–H and O–H groups in total. The smallest absolute Gasteiger partial charge is 0.287 e. The number of aromatic hydroxyl groups is 1. The highest BCUT2D eigenvalue weighted by Gasteiger charge is 2.20. The van der Waals surface area contributed by atoms with Crippen molar-refractivity contribution >= 4 is 22.1 Å². The summed E-state index contributed by atoms with van der Waals surface area (Å²) in [6.45, 7) is 2.01. The molecule has 0 aliphatic heterocycles. The number of nitrogens with zero attached hydrogens (tertiary/aromatic N) is 2. The Balaban J connectivity index is 2.48. The van der Waals surface area contributed by atoms with Crippen LogP contribution >= 0.6 is 0 Å². The summed E-state index contributed by atoms with van der Waals surface area (Å²) in [6.07, 6.45) is 0. The van der Waals surface area contributed by atoms with Crippen molar-refractivity contribution < 1.29 is 19.4 Å². The van der Waals surface area contributed by atoms with E-state index < -0.39 is 0 Å². The Morgan fingerprint density at radius 1 is 1.05 bits per heavy atom. The van der Waals surface area contributed by atoms with Gasteiger partial charge in [0.25, 0.3) is 11.0 Å². The van der Waals surface area contributed by atoms with Crippen molar-refractivity contribution in [1.29, 1.82) is 0 Å². The summed E-state index contributed by atoms with van der Waals surface area (Å²) >= 11 is 0. The fourth-order valence-corrected chi connectivity index (χ4v) is 2.31. The molecule has 0 amide bonds. The summed E-state index contributed by atoms with van der Waals surface area (Å²) < 4.78 is 6.77. The van der Waals surface area contributed by atoms with Crippen molar-refractivity contribution in [3.8, 4) is 11.5 Å². The lowest BCUT2D eigenvalue weighted by molar-refractivity contribution is -0.844. The van der Waals surface area contributed by atoms with Gasteiger partial charge in [0, 0.05) is 16.9 Å². The number of benzene rings is 2. The minimum Gasteiger partial charge on any atom is -0.504 e. The van der Waals surface area contributed by atoms with Crippen LogP contribution in [0.3, 0.4) is 0 Å². The zero-order valence-corrected chi connectivity index (χ0v) is 11.5. The number of fused-ring (bicyclic) bond motifs is 2. The SMILES string of the molecule is COc1cc2nc3ccc(C)cc3[n+](OC)c2cc1O. The largest absolute Gasteiger partial charge is 0.504 e. The van der Waals surface area contributed by atoms with E-state index in [2.05, 4.69) is 4.98 Å². The van der Waals surface area contributed by atoms with Gasteiger partial charge >= 0.3 is 0 Å². The number of aromatic nitrogens is 2. The molecule has 1 aromatic heterocycles. The number of phenolic OH excluding ortho intramolecular Hbond substituents is 1. The van der Waals surface area contributed by atoms with E-state index in [4.69, 9.17) is 9.57 Å². The molecule has 5 heteroatoms. The highest BCUT2D eigenvalue weighted by atomic mass is 16.6. The van der Waals surface area contributed by atoms with Crippen molar-refractivity contribution in [3.63, 3.8) is 0 Å². The third-order valence-corrected chi connectivity index (χ3v) is 3.27. The molecule has 3 rings (SSSR count). The van der Waals surface area contributed by atoms with E-state index in [-0.39, 0.29) is 5.75 Å². The van der Waals surface area contributed by atoms with Crippen LogP contribution in [0.15, 0.2) is 30.3 Å². The monoisotopic (exact) mass is 271 g/mol. The van der Waals surface area contributed by atoms with Crippen molar-refractivity contribution in [3.05, 3.63) is 35.9 Å². The molecule has 1 heterocycles. The lowest BCUT2D eigenvalue weighted by Crippen LogP contribution is -2.42. The number of phenols is 1. The third-order valence-electron chi connectivity index (χ3n) is 3.27. The lowest BCUT2D eigenvalue weighted by Gasteiger charge is -2.06. The van der Waals surface area contributed by atoms with Gasteiger partial charge in [0.05, 0.1) is 13.2 Å². The number of hydrogen-bond acceptors (Lipinski definition) is 4. The van der Waals surface area contributed by atoms with Gasteiger partial charge in [0.2, 0.25) is 0 Å². The van der Waals surface area contributed by atoms with Crippen molar-refractivity contribution in [1.82, 2.24) is 4.98 Å². The Labute approximate surface area is 116 Å². The minimum atomic E-state index is 0.0552. The van der Waals surface area contributed by atoms with Gasteiger partial charge in [-0.3, -0.25) is 4.84 Å². The first kappa shape index (κ1) is 12.5. The molecule has 0 radical (unpaired) electrons. The van der Waals surface area contributed by atoms with Gasteiger partial charge in [-0.2, -0.15) is 0 Å². The van der Waals surface area contributed by atoms with Gasteiger partial charge in [-0.15, -0.1) is 0 Å². The standard InChI is InChI=1S/C15H14N2O3/c1-9-4-5-10-12(6-9)17(20-3)13-8-14(18)15(19-2)7-11(13)16-10/h4-8H,1-3H3/p+1. The molecule has 0 aliphatic rings. The molecule has 0 saturated heterocycles. The minimum absolute atomic E-state index is 0.0552. The quantitative estimate of drug-likeness (QED) is 0.570. The molecule has 0 aliphatic carbocycles. The van der Waals surface area contributed by atoms with E-state index in [1.54, 1.807) is 24.0 Å². The zero-order chi connectivity index (χ0) is 14.3. The molecule has 2 aromatic carbocycles. The maximum atomic E-state index is 9.93. The first-order valence-corrected chi connectivity index (χ1v) is 6.21. The highest BCUT2D eigenvalue weighted by Crippen LogP contribution is 2.29. The van der Waals surface area contributed by atoms with E-state index in [1.165, 1.54) is 7.11 Å². The van der Waals surface area contributed by atoms with Crippen LogP contribution in [0.4, 0.5) is 0 Å². The maximum Gasteiger partial charge on any atom is 0.287 e. The van der Waals surface area contributed by atoms with Crippen LogP contribution in [-0.2, 0) is 0 Å². The van der Waals surface area contributed by atoms with Crippen molar-refractivity contribution in [2.75, 3.05) is 14.2 Å². The fourth-order valence-electron chi connectivity index (χ4n) is 2.31. The number of ether oxygens (including phenoxy) is 1. The topological polar surface area (TPSA) is 55.5 Å². The molecule has 0 atom stereocenters. The van der Waals surface area contributed by atoms with Crippen LogP contribution in [0.5, 0.6) is 11.5 Å². The maximum absolute atomic E-state index is 9.93. The molecule has 0 fully saturated rings. The summed E-state index contributed by atoms with van der Waals surface area (Å²) in [5, 5.41) is 9.93. The molecule has 0 unspecified atom stereocenters.